The number of carbonyl (C=O) groups is 1. The zero-order valence-electron chi connectivity index (χ0n) is 12.6. The van der Waals surface area contributed by atoms with Crippen LogP contribution in [0.2, 0.25) is 10.0 Å². The van der Waals surface area contributed by atoms with Gasteiger partial charge in [-0.3, -0.25) is 0 Å². The lowest BCUT2D eigenvalue weighted by Gasteiger charge is -2.19. The Kier molecular flexibility index (Phi) is 7.34. The first-order valence-corrected chi connectivity index (χ1v) is 7.24. The van der Waals surface area contributed by atoms with Crippen LogP contribution in [0.1, 0.15) is 28.9 Å². The molecule has 2 aromatic rings. The van der Waals surface area contributed by atoms with Gasteiger partial charge in [0, 0.05) is 22.8 Å². The Morgan fingerprint density at radius 1 is 1.44 bits per heavy atom. The van der Waals surface area contributed by atoms with E-state index in [1.807, 2.05) is 0 Å². The maximum atomic E-state index is 13.5. The Labute approximate surface area is 150 Å². The Bertz CT molecular complexity index is 791. The van der Waals surface area contributed by atoms with E-state index in [0.717, 1.165) is 12.3 Å². The summed E-state index contributed by atoms with van der Waals surface area (Å²) in [5, 5.41) is 16.9. The van der Waals surface area contributed by atoms with Gasteiger partial charge >= 0.3 is 5.97 Å². The fourth-order valence-corrected chi connectivity index (χ4v) is 2.51. The average Bonchev–Trinajstić information content (AvgIpc) is 2.54. The standard InChI is InChI=1S/C14H11Cl2FN2O3.HNO2/c1-6(11-8(15)2-3-9(17)12(11)16)22-10-4-7(14(20)21)5-19-13(10)18;2-1-3/h2-6H,1H3,(H2,18,19)(H,20,21);(H,2,3). The molecule has 1 heterocycles. The molecule has 4 N–H and O–H groups in total. The highest BCUT2D eigenvalue weighted by atomic mass is 35.5. The van der Waals surface area contributed by atoms with Crippen molar-refractivity contribution in [1.29, 1.82) is 0 Å². The second-order valence-electron chi connectivity index (χ2n) is 4.51. The minimum absolute atomic E-state index is 0.000461. The highest BCUT2D eigenvalue weighted by molar-refractivity contribution is 6.36. The van der Waals surface area contributed by atoms with Crippen molar-refractivity contribution < 1.29 is 24.2 Å². The van der Waals surface area contributed by atoms with Crippen LogP contribution in [0.4, 0.5) is 10.2 Å². The molecule has 0 fully saturated rings. The van der Waals surface area contributed by atoms with E-state index in [0.29, 0.717) is 0 Å². The summed E-state index contributed by atoms with van der Waals surface area (Å²) in [5.74, 6) is -1.77. The molecule has 0 saturated heterocycles. The highest BCUT2D eigenvalue weighted by Crippen LogP contribution is 2.35. The highest BCUT2D eigenvalue weighted by Gasteiger charge is 2.20. The first-order chi connectivity index (χ1) is 11.7. The van der Waals surface area contributed by atoms with Gasteiger partial charge < -0.3 is 20.8 Å². The van der Waals surface area contributed by atoms with E-state index < -0.39 is 17.9 Å². The van der Waals surface area contributed by atoms with Gasteiger partial charge in [-0.25, -0.2) is 14.2 Å². The lowest BCUT2D eigenvalue weighted by atomic mass is 10.1. The first kappa shape index (κ1) is 20.4. The molecule has 1 atom stereocenters. The molecule has 1 aromatic carbocycles. The van der Waals surface area contributed by atoms with Crippen molar-refractivity contribution in [2.75, 3.05) is 5.73 Å². The van der Waals surface area contributed by atoms with Crippen LogP contribution in [0.15, 0.2) is 29.7 Å². The fraction of sp³-hybridized carbons (Fsp3) is 0.143. The maximum absolute atomic E-state index is 13.5. The van der Waals surface area contributed by atoms with Gasteiger partial charge in [0.15, 0.2) is 16.9 Å². The molecule has 0 aliphatic carbocycles. The average molecular weight is 392 g/mol. The summed E-state index contributed by atoms with van der Waals surface area (Å²) < 4.78 is 19.1. The van der Waals surface area contributed by atoms with Crippen molar-refractivity contribution >= 4 is 35.0 Å². The van der Waals surface area contributed by atoms with Crippen LogP contribution in [0.5, 0.6) is 5.75 Å². The van der Waals surface area contributed by atoms with Gasteiger partial charge in [-0.05, 0) is 19.1 Å². The number of carboxylic acid groups (broad SMARTS) is 1. The van der Waals surface area contributed by atoms with E-state index in [2.05, 4.69) is 4.98 Å². The maximum Gasteiger partial charge on any atom is 0.337 e. The van der Waals surface area contributed by atoms with Gasteiger partial charge in [0.2, 0.25) is 0 Å². The van der Waals surface area contributed by atoms with Crippen LogP contribution >= 0.6 is 23.2 Å². The number of pyridine rings is 1. The molecule has 11 heteroatoms. The Morgan fingerprint density at radius 3 is 2.60 bits per heavy atom. The van der Waals surface area contributed by atoms with E-state index in [9.17, 15) is 9.18 Å². The summed E-state index contributed by atoms with van der Waals surface area (Å²) in [6, 6.07) is 3.72. The van der Waals surface area contributed by atoms with Crippen molar-refractivity contribution in [3.8, 4) is 5.75 Å². The van der Waals surface area contributed by atoms with Gasteiger partial charge in [0.25, 0.3) is 0 Å². The third-order valence-electron chi connectivity index (χ3n) is 2.92. The number of hydrogen-bond donors (Lipinski definition) is 3. The number of anilines is 1. The number of nitrogens with zero attached hydrogens (tertiary/aromatic N) is 2. The van der Waals surface area contributed by atoms with Crippen LogP contribution in [0.25, 0.3) is 0 Å². The number of rotatable bonds is 4. The molecule has 1 unspecified atom stereocenters. The summed E-state index contributed by atoms with van der Waals surface area (Å²) in [5.41, 5.74) is 5.80. The molecule has 134 valence electrons. The van der Waals surface area contributed by atoms with Crippen LogP contribution in [-0.2, 0) is 0 Å². The normalized spacial score (nSPS) is 11.0. The molecule has 2 rings (SSSR count). The van der Waals surface area contributed by atoms with Gasteiger partial charge in [-0.15, -0.1) is 4.91 Å². The fourth-order valence-electron chi connectivity index (χ4n) is 1.83. The Morgan fingerprint density at radius 2 is 2.04 bits per heavy atom. The molecule has 0 bridgehead atoms. The van der Waals surface area contributed by atoms with Gasteiger partial charge in [-0.1, -0.05) is 23.2 Å². The summed E-state index contributed by atoms with van der Waals surface area (Å²) in [4.78, 5) is 22.8. The summed E-state index contributed by atoms with van der Waals surface area (Å²) in [7, 11) is 0. The second-order valence-corrected chi connectivity index (χ2v) is 5.30. The number of hydrogen-bond acceptors (Lipinski definition) is 6. The lowest BCUT2D eigenvalue weighted by molar-refractivity contribution is 0.0695. The lowest BCUT2D eigenvalue weighted by Crippen LogP contribution is -2.09. The number of benzene rings is 1. The van der Waals surface area contributed by atoms with E-state index in [1.54, 1.807) is 6.92 Å². The molecule has 0 aliphatic rings. The quantitative estimate of drug-likeness (QED) is 0.405. The second kappa shape index (κ2) is 9.00. The van der Waals surface area contributed by atoms with E-state index in [4.69, 9.17) is 48.9 Å². The van der Waals surface area contributed by atoms with Crippen molar-refractivity contribution in [2.24, 2.45) is 5.34 Å². The molecular weight excluding hydrogens is 380 g/mol. The number of aromatic carboxylic acids is 1. The molecular formula is C14H12Cl2FN3O5. The number of aromatic nitrogens is 1. The number of nitrogens with two attached hydrogens (primary N) is 1. The smallest absolute Gasteiger partial charge is 0.337 e. The molecule has 0 radical (unpaired) electrons. The van der Waals surface area contributed by atoms with Crippen LogP contribution in [0, 0.1) is 10.7 Å². The SMILES string of the molecule is CC(Oc1cc(C(=O)O)cnc1N)c1c(Cl)ccc(F)c1Cl.O=NO. The molecule has 25 heavy (non-hydrogen) atoms. The number of ether oxygens (including phenoxy) is 1. The van der Waals surface area contributed by atoms with Crippen LogP contribution < -0.4 is 10.5 Å². The molecule has 0 spiro atoms. The van der Waals surface area contributed by atoms with Crippen molar-refractivity contribution in [2.45, 2.75) is 13.0 Å². The van der Waals surface area contributed by atoms with Crippen molar-refractivity contribution in [3.05, 3.63) is 56.3 Å². The Balaban J connectivity index is 0.000000970. The molecule has 0 amide bonds. The van der Waals surface area contributed by atoms with Crippen molar-refractivity contribution in [1.82, 2.24) is 4.98 Å². The van der Waals surface area contributed by atoms with E-state index in [-0.39, 0.29) is 32.7 Å². The topological polar surface area (TPSA) is 135 Å². The van der Waals surface area contributed by atoms with Crippen LogP contribution in [0.3, 0.4) is 0 Å². The number of nitrogen functional groups attached to an aromatic ring is 1. The number of halogens is 3. The third-order valence-corrected chi connectivity index (χ3v) is 3.63. The van der Waals surface area contributed by atoms with E-state index >= 15 is 0 Å². The minimum Gasteiger partial charge on any atom is -0.482 e. The summed E-state index contributed by atoms with van der Waals surface area (Å²) in [6.07, 6.45) is 0.348. The monoisotopic (exact) mass is 391 g/mol. The zero-order chi connectivity index (χ0) is 19.1. The zero-order valence-corrected chi connectivity index (χ0v) is 14.1. The molecule has 1 aromatic heterocycles. The summed E-state index contributed by atoms with van der Waals surface area (Å²) in [6.45, 7) is 1.58. The van der Waals surface area contributed by atoms with Gasteiger partial charge in [0.05, 0.1) is 10.6 Å². The van der Waals surface area contributed by atoms with Gasteiger partial charge in [-0.2, -0.15) is 0 Å². The molecule has 0 saturated carbocycles. The largest absolute Gasteiger partial charge is 0.482 e. The molecule has 8 nitrogen and oxygen atoms in total. The minimum atomic E-state index is -1.17. The first-order valence-electron chi connectivity index (χ1n) is 6.48. The van der Waals surface area contributed by atoms with Crippen molar-refractivity contribution in [3.63, 3.8) is 0 Å². The third kappa shape index (κ3) is 5.16. The molecule has 0 aliphatic heterocycles. The number of carboxylic acids is 1. The van der Waals surface area contributed by atoms with Crippen LogP contribution in [-0.4, -0.2) is 21.3 Å². The predicted octanol–water partition coefficient (Wildman–Crippen LogP) is 4.09. The van der Waals surface area contributed by atoms with Gasteiger partial charge in [0.1, 0.15) is 11.9 Å². The Hall–Kier alpha value is -2.65. The predicted molar refractivity (Wildman–Crippen MR) is 88.7 cm³/mol. The van der Waals surface area contributed by atoms with E-state index in [1.165, 1.54) is 17.5 Å². The summed E-state index contributed by atoms with van der Waals surface area (Å²) >= 11 is 11.9.